The van der Waals surface area contributed by atoms with Crippen molar-refractivity contribution < 1.29 is 19.0 Å². The van der Waals surface area contributed by atoms with Gasteiger partial charge in [-0.3, -0.25) is 0 Å². The van der Waals surface area contributed by atoms with Gasteiger partial charge >= 0.3 is 0 Å². The molecule has 130 valence electrons. The second kappa shape index (κ2) is 7.97. The molecular formula is C18H28FNO3. The van der Waals surface area contributed by atoms with Gasteiger partial charge < -0.3 is 19.5 Å². The van der Waals surface area contributed by atoms with Crippen LogP contribution in [0.4, 0.5) is 4.39 Å². The number of ether oxygens (including phenoxy) is 2. The van der Waals surface area contributed by atoms with Gasteiger partial charge in [-0.1, -0.05) is 6.92 Å². The Morgan fingerprint density at radius 1 is 1.22 bits per heavy atom. The molecule has 1 fully saturated rings. The lowest BCUT2D eigenvalue weighted by Gasteiger charge is -2.25. The first-order chi connectivity index (χ1) is 10.9. The number of rotatable bonds is 7. The van der Waals surface area contributed by atoms with E-state index in [1.165, 1.54) is 26.0 Å². The molecule has 5 heteroatoms. The third-order valence-corrected chi connectivity index (χ3v) is 4.23. The van der Waals surface area contributed by atoms with Gasteiger partial charge in [0.05, 0.1) is 19.3 Å². The molecule has 0 spiro atoms. The standard InChI is InChI=1S/C18H28FNO3/c1-12(2)23-18-15(19)9-14(10-16(18)22-4)17(21)13(3)11-20-7-5-6-8-20/h9-10,12-13,17,21H,5-8,11H2,1-4H3/t13-,17+/m1/s1. The molecular weight excluding hydrogens is 297 g/mol. The highest BCUT2D eigenvalue weighted by Gasteiger charge is 2.24. The van der Waals surface area contributed by atoms with Crippen LogP contribution in [0.2, 0.25) is 0 Å². The minimum absolute atomic E-state index is 0.0223. The van der Waals surface area contributed by atoms with Crippen molar-refractivity contribution in [3.05, 3.63) is 23.5 Å². The molecule has 2 rings (SSSR count). The van der Waals surface area contributed by atoms with Gasteiger partial charge in [-0.2, -0.15) is 0 Å². The number of aliphatic hydroxyl groups is 1. The number of hydrogen-bond donors (Lipinski definition) is 1. The predicted molar refractivity (Wildman–Crippen MR) is 88.5 cm³/mol. The van der Waals surface area contributed by atoms with Crippen molar-refractivity contribution in [2.45, 2.75) is 45.8 Å². The van der Waals surface area contributed by atoms with Crippen LogP contribution in [0.15, 0.2) is 12.1 Å². The van der Waals surface area contributed by atoms with Crippen LogP contribution in [0.5, 0.6) is 11.5 Å². The summed E-state index contributed by atoms with van der Waals surface area (Å²) < 4.78 is 25.1. The zero-order chi connectivity index (χ0) is 17.0. The Morgan fingerprint density at radius 2 is 1.87 bits per heavy atom. The van der Waals surface area contributed by atoms with E-state index in [4.69, 9.17) is 9.47 Å². The average Bonchev–Trinajstić information content (AvgIpc) is 3.00. The van der Waals surface area contributed by atoms with Crippen molar-refractivity contribution in [1.82, 2.24) is 4.90 Å². The summed E-state index contributed by atoms with van der Waals surface area (Å²) in [6.45, 7) is 8.63. The number of likely N-dealkylation sites (tertiary alicyclic amines) is 1. The number of aliphatic hydroxyl groups excluding tert-OH is 1. The lowest BCUT2D eigenvalue weighted by Crippen LogP contribution is -2.28. The fourth-order valence-electron chi connectivity index (χ4n) is 3.06. The summed E-state index contributed by atoms with van der Waals surface area (Å²) in [5.74, 6) is -0.0543. The van der Waals surface area contributed by atoms with Gasteiger partial charge in [-0.25, -0.2) is 4.39 Å². The van der Waals surface area contributed by atoms with Crippen molar-refractivity contribution in [3.63, 3.8) is 0 Å². The van der Waals surface area contributed by atoms with Crippen molar-refractivity contribution in [2.24, 2.45) is 5.92 Å². The average molecular weight is 325 g/mol. The summed E-state index contributed by atoms with van der Waals surface area (Å²) in [5, 5.41) is 10.6. The van der Waals surface area contributed by atoms with Crippen LogP contribution in [-0.4, -0.2) is 42.9 Å². The van der Waals surface area contributed by atoms with Gasteiger partial charge in [-0.15, -0.1) is 0 Å². The Labute approximate surface area is 138 Å². The van der Waals surface area contributed by atoms with E-state index in [-0.39, 0.29) is 17.8 Å². The second-order valence-corrected chi connectivity index (χ2v) is 6.63. The summed E-state index contributed by atoms with van der Waals surface area (Å²) in [6.07, 6.45) is 1.55. The van der Waals surface area contributed by atoms with Crippen LogP contribution in [0.3, 0.4) is 0 Å². The number of nitrogens with zero attached hydrogens (tertiary/aromatic N) is 1. The molecule has 1 aromatic carbocycles. The molecule has 2 atom stereocenters. The van der Waals surface area contributed by atoms with E-state index >= 15 is 0 Å². The molecule has 1 aliphatic heterocycles. The van der Waals surface area contributed by atoms with Crippen molar-refractivity contribution in [1.29, 1.82) is 0 Å². The number of hydrogen-bond acceptors (Lipinski definition) is 4. The fourth-order valence-corrected chi connectivity index (χ4v) is 3.06. The molecule has 4 nitrogen and oxygen atoms in total. The summed E-state index contributed by atoms with van der Waals surface area (Å²) in [4.78, 5) is 2.34. The van der Waals surface area contributed by atoms with E-state index in [2.05, 4.69) is 4.90 Å². The molecule has 0 bridgehead atoms. The topological polar surface area (TPSA) is 41.9 Å². The van der Waals surface area contributed by atoms with E-state index < -0.39 is 11.9 Å². The summed E-state index contributed by atoms with van der Waals surface area (Å²) in [6, 6.07) is 3.03. The number of benzene rings is 1. The van der Waals surface area contributed by atoms with E-state index in [9.17, 15) is 9.50 Å². The quantitative estimate of drug-likeness (QED) is 0.834. The van der Waals surface area contributed by atoms with Crippen LogP contribution in [0.1, 0.15) is 45.3 Å². The monoisotopic (exact) mass is 325 g/mol. The van der Waals surface area contributed by atoms with Gasteiger partial charge in [0, 0.05) is 6.54 Å². The Hall–Kier alpha value is -1.33. The molecule has 0 unspecified atom stereocenters. The lowest BCUT2D eigenvalue weighted by molar-refractivity contribution is 0.0938. The van der Waals surface area contributed by atoms with Gasteiger partial charge in [0.25, 0.3) is 0 Å². The fraction of sp³-hybridized carbons (Fsp3) is 0.667. The first-order valence-electron chi connectivity index (χ1n) is 8.37. The summed E-state index contributed by atoms with van der Waals surface area (Å²) >= 11 is 0. The van der Waals surface area contributed by atoms with Crippen LogP contribution < -0.4 is 9.47 Å². The van der Waals surface area contributed by atoms with Crippen molar-refractivity contribution in [2.75, 3.05) is 26.7 Å². The lowest BCUT2D eigenvalue weighted by atomic mass is 9.96. The maximum atomic E-state index is 14.4. The van der Waals surface area contributed by atoms with Gasteiger partial charge in [0.2, 0.25) is 0 Å². The zero-order valence-corrected chi connectivity index (χ0v) is 14.5. The summed E-state index contributed by atoms with van der Waals surface area (Å²) in [7, 11) is 1.48. The predicted octanol–water partition coefficient (Wildman–Crippen LogP) is 3.39. The van der Waals surface area contributed by atoms with Crippen molar-refractivity contribution >= 4 is 0 Å². The molecule has 0 aromatic heterocycles. The third-order valence-electron chi connectivity index (χ3n) is 4.23. The maximum Gasteiger partial charge on any atom is 0.197 e. The molecule has 0 aliphatic carbocycles. The SMILES string of the molecule is COc1cc([C@@H](O)[C@H](C)CN2CCCC2)cc(F)c1OC(C)C. The van der Waals surface area contributed by atoms with E-state index in [0.717, 1.165) is 19.6 Å². The highest BCUT2D eigenvalue weighted by Crippen LogP contribution is 2.36. The van der Waals surface area contributed by atoms with Gasteiger partial charge in [-0.05, 0) is 63.4 Å². The third kappa shape index (κ3) is 4.58. The Morgan fingerprint density at radius 3 is 2.43 bits per heavy atom. The molecule has 0 radical (unpaired) electrons. The summed E-state index contributed by atoms with van der Waals surface area (Å²) in [5.41, 5.74) is 0.530. The molecule has 1 saturated heterocycles. The van der Waals surface area contributed by atoms with Crippen LogP contribution >= 0.6 is 0 Å². The van der Waals surface area contributed by atoms with Gasteiger partial charge in [0.15, 0.2) is 17.3 Å². The highest BCUT2D eigenvalue weighted by atomic mass is 19.1. The first-order valence-corrected chi connectivity index (χ1v) is 8.37. The molecule has 1 heterocycles. The number of methoxy groups -OCH3 is 1. The molecule has 23 heavy (non-hydrogen) atoms. The zero-order valence-electron chi connectivity index (χ0n) is 14.5. The van der Waals surface area contributed by atoms with Gasteiger partial charge in [0.1, 0.15) is 0 Å². The first kappa shape index (κ1) is 18.0. The largest absolute Gasteiger partial charge is 0.493 e. The number of halogens is 1. The molecule has 0 saturated carbocycles. The van der Waals surface area contributed by atoms with E-state index in [1.807, 2.05) is 20.8 Å². The smallest absolute Gasteiger partial charge is 0.197 e. The minimum atomic E-state index is -0.730. The van der Waals surface area contributed by atoms with Crippen LogP contribution in [0.25, 0.3) is 0 Å². The highest BCUT2D eigenvalue weighted by molar-refractivity contribution is 5.45. The molecule has 0 amide bonds. The Balaban J connectivity index is 2.15. The van der Waals surface area contributed by atoms with E-state index in [1.54, 1.807) is 6.07 Å². The van der Waals surface area contributed by atoms with Crippen LogP contribution in [0, 0.1) is 11.7 Å². The Kier molecular flexibility index (Phi) is 6.25. The molecule has 1 aliphatic rings. The normalized spacial score (nSPS) is 18.2. The molecule has 1 aromatic rings. The van der Waals surface area contributed by atoms with Crippen molar-refractivity contribution in [3.8, 4) is 11.5 Å². The second-order valence-electron chi connectivity index (χ2n) is 6.63. The minimum Gasteiger partial charge on any atom is -0.493 e. The maximum absolute atomic E-state index is 14.4. The Bertz CT molecular complexity index is 515. The molecule has 1 N–H and O–H groups in total. The van der Waals surface area contributed by atoms with Crippen LogP contribution in [-0.2, 0) is 0 Å². The van der Waals surface area contributed by atoms with E-state index in [0.29, 0.717) is 11.3 Å².